The number of aryl methyl sites for hydroxylation is 2. The number of ether oxygens (including phenoxy) is 2. The van der Waals surface area contributed by atoms with Crippen molar-refractivity contribution < 1.29 is 29.3 Å². The maximum Gasteiger partial charge on any atom is 0.414 e. The highest BCUT2D eigenvalue weighted by Crippen LogP contribution is 2.25. The van der Waals surface area contributed by atoms with Crippen LogP contribution in [-0.4, -0.2) is 55.6 Å². The van der Waals surface area contributed by atoms with Crippen molar-refractivity contribution in [2.45, 2.75) is 13.8 Å². The average molecular weight is 348 g/mol. The molecule has 0 saturated heterocycles. The Morgan fingerprint density at radius 3 is 2.00 bits per heavy atom. The summed E-state index contributed by atoms with van der Waals surface area (Å²) < 4.78 is 10.6. The lowest BCUT2D eigenvalue weighted by atomic mass is 10.1. The van der Waals surface area contributed by atoms with E-state index in [1.165, 1.54) is 0 Å². The lowest BCUT2D eigenvalue weighted by molar-refractivity contribution is -0.159. The van der Waals surface area contributed by atoms with Gasteiger partial charge in [0.25, 0.3) is 0 Å². The Kier molecular flexibility index (Phi) is 10.8. The Bertz CT molecular complexity index is 486. The molecule has 0 radical (unpaired) electrons. The number of hydrogen-bond acceptors (Lipinski definition) is 5. The number of carbonyl (C=O) groups is 2. The number of halogens is 1. The zero-order valence-corrected chi connectivity index (χ0v) is 14.1. The molecule has 0 spiro atoms. The largest absolute Gasteiger partial charge is 0.492 e. The number of carboxylic acid groups (broad SMARTS) is 2. The summed E-state index contributed by atoms with van der Waals surface area (Å²) in [4.78, 5) is 18.2. The van der Waals surface area contributed by atoms with Crippen molar-refractivity contribution in [3.8, 4) is 5.75 Å². The molecule has 1 aromatic carbocycles. The molecule has 0 bridgehead atoms. The molecule has 0 aliphatic rings. The van der Waals surface area contributed by atoms with Crippen LogP contribution >= 0.6 is 11.6 Å². The highest BCUT2D eigenvalue weighted by Gasteiger charge is 2.04. The summed E-state index contributed by atoms with van der Waals surface area (Å²) >= 11 is 6.09. The van der Waals surface area contributed by atoms with Gasteiger partial charge in [-0.25, -0.2) is 9.59 Å². The van der Waals surface area contributed by atoms with E-state index >= 15 is 0 Å². The lowest BCUT2D eigenvalue weighted by Gasteiger charge is -2.10. The van der Waals surface area contributed by atoms with Gasteiger partial charge < -0.3 is 25.0 Å². The second-order valence-electron chi connectivity index (χ2n) is 4.57. The number of nitrogens with one attached hydrogen (secondary N) is 1. The van der Waals surface area contributed by atoms with Crippen molar-refractivity contribution in [3.05, 3.63) is 28.3 Å². The molecule has 8 heteroatoms. The molecule has 23 heavy (non-hydrogen) atoms. The zero-order chi connectivity index (χ0) is 17.8. The van der Waals surface area contributed by atoms with Gasteiger partial charge in [0, 0.05) is 25.2 Å². The van der Waals surface area contributed by atoms with Gasteiger partial charge in [-0.1, -0.05) is 11.6 Å². The van der Waals surface area contributed by atoms with Crippen LogP contribution in [0.4, 0.5) is 0 Å². The molecule has 3 N–H and O–H groups in total. The van der Waals surface area contributed by atoms with Crippen molar-refractivity contribution in [2.75, 3.05) is 33.4 Å². The van der Waals surface area contributed by atoms with Gasteiger partial charge in [0.2, 0.25) is 0 Å². The highest BCUT2D eigenvalue weighted by molar-refractivity contribution is 6.32. The molecular weight excluding hydrogens is 326 g/mol. The normalized spacial score (nSPS) is 9.74. The first-order valence-electron chi connectivity index (χ1n) is 6.85. The van der Waals surface area contributed by atoms with Crippen molar-refractivity contribution in [3.63, 3.8) is 0 Å². The first kappa shape index (κ1) is 21.2. The van der Waals surface area contributed by atoms with E-state index < -0.39 is 11.9 Å². The van der Waals surface area contributed by atoms with E-state index in [0.717, 1.165) is 41.6 Å². The minimum Gasteiger partial charge on any atom is -0.492 e. The molecule has 0 amide bonds. The predicted octanol–water partition coefficient (Wildman–Crippen LogP) is 1.73. The first-order chi connectivity index (χ1) is 10.8. The van der Waals surface area contributed by atoms with Crippen LogP contribution in [0.5, 0.6) is 5.75 Å². The summed E-state index contributed by atoms with van der Waals surface area (Å²) in [5.41, 5.74) is 2.10. The molecule has 0 unspecified atom stereocenters. The molecule has 0 saturated carbocycles. The maximum atomic E-state index is 9.10. The second-order valence-corrected chi connectivity index (χ2v) is 4.95. The SMILES string of the molecule is COCCNCCOc1cc(C)c(Cl)c(C)c1.O=C(O)C(=O)O. The van der Waals surface area contributed by atoms with E-state index in [-0.39, 0.29) is 0 Å². The van der Waals surface area contributed by atoms with Gasteiger partial charge in [0.05, 0.1) is 6.61 Å². The smallest absolute Gasteiger partial charge is 0.414 e. The van der Waals surface area contributed by atoms with Crippen LogP contribution < -0.4 is 10.1 Å². The topological polar surface area (TPSA) is 105 Å². The van der Waals surface area contributed by atoms with Crippen molar-refractivity contribution in [1.82, 2.24) is 5.32 Å². The molecule has 1 rings (SSSR count). The number of benzene rings is 1. The van der Waals surface area contributed by atoms with Crippen LogP contribution in [0.15, 0.2) is 12.1 Å². The van der Waals surface area contributed by atoms with Gasteiger partial charge in [-0.3, -0.25) is 0 Å². The van der Waals surface area contributed by atoms with Gasteiger partial charge in [0.15, 0.2) is 0 Å². The van der Waals surface area contributed by atoms with E-state index in [9.17, 15) is 0 Å². The van der Waals surface area contributed by atoms with Crippen molar-refractivity contribution in [2.24, 2.45) is 0 Å². The maximum absolute atomic E-state index is 9.10. The Morgan fingerprint density at radius 1 is 1.09 bits per heavy atom. The fourth-order valence-corrected chi connectivity index (χ4v) is 1.64. The Morgan fingerprint density at radius 2 is 1.57 bits per heavy atom. The van der Waals surface area contributed by atoms with Crippen LogP contribution in [0.25, 0.3) is 0 Å². The predicted molar refractivity (Wildman–Crippen MR) is 86.4 cm³/mol. The Hall–Kier alpha value is -1.83. The summed E-state index contributed by atoms with van der Waals surface area (Å²) in [6.07, 6.45) is 0. The van der Waals surface area contributed by atoms with Gasteiger partial charge in [-0.05, 0) is 37.1 Å². The average Bonchev–Trinajstić information content (AvgIpc) is 2.48. The number of hydrogen-bond donors (Lipinski definition) is 3. The van der Waals surface area contributed by atoms with E-state index in [4.69, 9.17) is 40.9 Å². The van der Waals surface area contributed by atoms with Gasteiger partial charge in [0.1, 0.15) is 12.4 Å². The molecule has 0 aliphatic carbocycles. The second kappa shape index (κ2) is 11.7. The Balaban J connectivity index is 0.000000688. The van der Waals surface area contributed by atoms with E-state index in [2.05, 4.69) is 5.32 Å². The number of rotatable bonds is 7. The van der Waals surface area contributed by atoms with Gasteiger partial charge in [-0.15, -0.1) is 0 Å². The molecule has 1 aromatic rings. The lowest BCUT2D eigenvalue weighted by Crippen LogP contribution is -2.24. The number of carboxylic acids is 2. The van der Waals surface area contributed by atoms with Crippen LogP contribution in [0.3, 0.4) is 0 Å². The third-order valence-corrected chi connectivity index (χ3v) is 3.22. The van der Waals surface area contributed by atoms with Crippen molar-refractivity contribution >= 4 is 23.5 Å². The minimum absolute atomic E-state index is 0.643. The molecule has 0 aliphatic heterocycles. The zero-order valence-electron chi connectivity index (χ0n) is 13.4. The number of aliphatic carboxylic acids is 2. The highest BCUT2D eigenvalue weighted by atomic mass is 35.5. The van der Waals surface area contributed by atoms with Crippen LogP contribution in [0, 0.1) is 13.8 Å². The fourth-order valence-electron chi connectivity index (χ4n) is 1.53. The molecule has 0 atom stereocenters. The summed E-state index contributed by atoms with van der Waals surface area (Å²) in [5, 5.41) is 18.8. The summed E-state index contributed by atoms with van der Waals surface area (Å²) in [5.74, 6) is -2.78. The quantitative estimate of drug-likeness (QED) is 0.509. The van der Waals surface area contributed by atoms with Crippen LogP contribution in [0.2, 0.25) is 5.02 Å². The molecule has 7 nitrogen and oxygen atoms in total. The van der Waals surface area contributed by atoms with Crippen molar-refractivity contribution in [1.29, 1.82) is 0 Å². The minimum atomic E-state index is -1.82. The molecule has 130 valence electrons. The summed E-state index contributed by atoms with van der Waals surface area (Å²) in [6.45, 7) is 6.99. The third-order valence-electron chi connectivity index (χ3n) is 2.62. The third kappa shape index (κ3) is 9.72. The summed E-state index contributed by atoms with van der Waals surface area (Å²) in [7, 11) is 1.69. The standard InChI is InChI=1S/C13H20ClNO2.C2H2O4/c1-10-8-12(9-11(2)13(10)14)17-7-5-15-4-6-16-3;3-1(4)2(5)6/h8-9,15H,4-7H2,1-3H3;(H,3,4)(H,5,6). The Labute approximate surface area is 140 Å². The van der Waals surface area contributed by atoms with Gasteiger partial charge in [-0.2, -0.15) is 0 Å². The number of methoxy groups -OCH3 is 1. The summed E-state index contributed by atoms with van der Waals surface area (Å²) in [6, 6.07) is 3.93. The molecule has 0 aromatic heterocycles. The molecule has 0 fully saturated rings. The van der Waals surface area contributed by atoms with Crippen LogP contribution in [-0.2, 0) is 14.3 Å². The van der Waals surface area contributed by atoms with Gasteiger partial charge >= 0.3 is 11.9 Å². The fraction of sp³-hybridized carbons (Fsp3) is 0.467. The molecular formula is C15H22ClNO6. The first-order valence-corrected chi connectivity index (χ1v) is 7.22. The monoisotopic (exact) mass is 347 g/mol. The van der Waals surface area contributed by atoms with Crippen LogP contribution in [0.1, 0.15) is 11.1 Å². The van der Waals surface area contributed by atoms with E-state index in [0.29, 0.717) is 6.61 Å². The van der Waals surface area contributed by atoms with E-state index in [1.54, 1.807) is 7.11 Å². The molecule has 0 heterocycles. The van der Waals surface area contributed by atoms with E-state index in [1.807, 2.05) is 26.0 Å².